The maximum atomic E-state index is 5.62. The minimum Gasteiger partial charge on any atom is -0.468 e. The van der Waals surface area contributed by atoms with Gasteiger partial charge in [0.1, 0.15) is 11.6 Å². The number of anilines is 1. The van der Waals surface area contributed by atoms with E-state index in [-0.39, 0.29) is 6.04 Å². The number of hydrogen-bond donors (Lipinski definition) is 1. The predicted molar refractivity (Wildman–Crippen MR) is 79.3 cm³/mol. The summed E-state index contributed by atoms with van der Waals surface area (Å²) < 4.78 is 7.27. The molecule has 1 saturated heterocycles. The Labute approximate surface area is 127 Å². The first-order chi connectivity index (χ1) is 10.9. The fourth-order valence-electron chi connectivity index (χ4n) is 2.94. The molecule has 1 aliphatic heterocycles. The van der Waals surface area contributed by atoms with Crippen molar-refractivity contribution in [3.05, 3.63) is 36.5 Å². The lowest BCUT2D eigenvalue weighted by Crippen LogP contribution is -2.31. The van der Waals surface area contributed by atoms with Crippen LogP contribution < -0.4 is 5.32 Å². The molecule has 0 spiro atoms. The van der Waals surface area contributed by atoms with Crippen molar-refractivity contribution in [2.75, 3.05) is 25.0 Å². The summed E-state index contributed by atoms with van der Waals surface area (Å²) >= 11 is 0. The highest BCUT2D eigenvalue weighted by Gasteiger charge is 2.25. The highest BCUT2D eigenvalue weighted by Crippen LogP contribution is 2.25. The van der Waals surface area contributed by atoms with Crippen molar-refractivity contribution in [3.63, 3.8) is 0 Å². The molecule has 1 fully saturated rings. The standard InChI is InChI=1S/C14H17N7O/c1-2-6-20(5-1)11(12-4-3-7-22-12)8-16-13-9-15-10-14-17-18-19-21(13)14/h3-4,7,9-11,16H,1-2,5-6,8H2/t11-/m0/s1. The van der Waals surface area contributed by atoms with E-state index in [0.29, 0.717) is 12.2 Å². The molecule has 0 amide bonds. The Bertz CT molecular complexity index is 733. The first-order valence-electron chi connectivity index (χ1n) is 7.45. The van der Waals surface area contributed by atoms with Crippen LogP contribution in [-0.4, -0.2) is 49.6 Å². The Morgan fingerprint density at radius 2 is 2.18 bits per heavy atom. The lowest BCUT2D eigenvalue weighted by atomic mass is 10.2. The Kier molecular flexibility index (Phi) is 3.43. The highest BCUT2D eigenvalue weighted by molar-refractivity contribution is 5.43. The highest BCUT2D eigenvalue weighted by atomic mass is 16.3. The second-order valence-electron chi connectivity index (χ2n) is 5.40. The summed E-state index contributed by atoms with van der Waals surface area (Å²) in [6.07, 6.45) is 7.56. The average Bonchev–Trinajstić information content (AvgIpc) is 3.30. The molecule has 0 aromatic carbocycles. The van der Waals surface area contributed by atoms with Crippen LogP contribution in [-0.2, 0) is 0 Å². The van der Waals surface area contributed by atoms with Gasteiger partial charge in [0.15, 0.2) is 5.65 Å². The number of aromatic nitrogens is 5. The summed E-state index contributed by atoms with van der Waals surface area (Å²) in [5.74, 6) is 1.75. The van der Waals surface area contributed by atoms with Crippen molar-refractivity contribution in [2.45, 2.75) is 18.9 Å². The number of nitrogens with zero attached hydrogens (tertiary/aromatic N) is 6. The van der Waals surface area contributed by atoms with Gasteiger partial charge < -0.3 is 9.73 Å². The summed E-state index contributed by atoms with van der Waals surface area (Å²) in [5.41, 5.74) is 0.626. The van der Waals surface area contributed by atoms with Crippen LogP contribution in [0.5, 0.6) is 0 Å². The van der Waals surface area contributed by atoms with Gasteiger partial charge in [0.05, 0.1) is 24.7 Å². The van der Waals surface area contributed by atoms with E-state index in [0.717, 1.165) is 24.7 Å². The lowest BCUT2D eigenvalue weighted by molar-refractivity contribution is 0.225. The Hall–Kier alpha value is -2.48. The van der Waals surface area contributed by atoms with Gasteiger partial charge in [-0.15, -0.1) is 5.10 Å². The van der Waals surface area contributed by atoms with E-state index in [2.05, 4.69) is 30.7 Å². The van der Waals surface area contributed by atoms with Crippen molar-refractivity contribution in [3.8, 4) is 0 Å². The molecule has 22 heavy (non-hydrogen) atoms. The Morgan fingerprint density at radius 3 is 3.00 bits per heavy atom. The average molecular weight is 299 g/mol. The second kappa shape index (κ2) is 5.72. The van der Waals surface area contributed by atoms with Crippen LogP contribution in [0, 0.1) is 0 Å². The smallest absolute Gasteiger partial charge is 0.199 e. The van der Waals surface area contributed by atoms with Crippen LogP contribution in [0.4, 0.5) is 5.82 Å². The number of hydrogen-bond acceptors (Lipinski definition) is 7. The van der Waals surface area contributed by atoms with E-state index < -0.39 is 0 Å². The predicted octanol–water partition coefficient (Wildman–Crippen LogP) is 1.36. The van der Waals surface area contributed by atoms with E-state index in [4.69, 9.17) is 4.42 Å². The molecule has 3 aromatic heterocycles. The number of furan rings is 1. The number of rotatable bonds is 5. The van der Waals surface area contributed by atoms with Crippen molar-refractivity contribution >= 4 is 11.5 Å². The third kappa shape index (κ3) is 2.41. The van der Waals surface area contributed by atoms with Crippen LogP contribution in [0.25, 0.3) is 5.65 Å². The molecule has 3 aromatic rings. The van der Waals surface area contributed by atoms with Gasteiger partial charge in [-0.1, -0.05) is 0 Å². The Morgan fingerprint density at radius 1 is 1.27 bits per heavy atom. The normalized spacial score (nSPS) is 17.1. The molecule has 1 aliphatic rings. The number of fused-ring (bicyclic) bond motifs is 1. The topological polar surface area (TPSA) is 84.4 Å². The minimum atomic E-state index is 0.198. The molecule has 114 valence electrons. The zero-order valence-electron chi connectivity index (χ0n) is 12.1. The quantitative estimate of drug-likeness (QED) is 0.761. The fraction of sp³-hybridized carbons (Fsp3) is 0.429. The summed E-state index contributed by atoms with van der Waals surface area (Å²) in [6.45, 7) is 2.91. The van der Waals surface area contributed by atoms with Gasteiger partial charge >= 0.3 is 0 Å². The van der Waals surface area contributed by atoms with Gasteiger partial charge in [0.25, 0.3) is 0 Å². The van der Waals surface area contributed by atoms with Gasteiger partial charge in [0, 0.05) is 6.54 Å². The molecule has 4 rings (SSSR count). The first-order valence-corrected chi connectivity index (χ1v) is 7.45. The van der Waals surface area contributed by atoms with E-state index in [1.807, 2.05) is 12.1 Å². The third-order valence-corrected chi connectivity index (χ3v) is 4.04. The number of nitrogens with one attached hydrogen (secondary N) is 1. The lowest BCUT2D eigenvalue weighted by Gasteiger charge is -2.26. The molecular weight excluding hydrogens is 282 g/mol. The summed E-state index contributed by atoms with van der Waals surface area (Å²) in [6, 6.07) is 4.16. The molecule has 1 atom stereocenters. The van der Waals surface area contributed by atoms with E-state index in [9.17, 15) is 0 Å². The van der Waals surface area contributed by atoms with Crippen LogP contribution in [0.1, 0.15) is 24.6 Å². The summed E-state index contributed by atoms with van der Waals surface area (Å²) in [4.78, 5) is 6.60. The van der Waals surface area contributed by atoms with Gasteiger partial charge in [0.2, 0.25) is 0 Å². The minimum absolute atomic E-state index is 0.198. The number of tetrazole rings is 1. The van der Waals surface area contributed by atoms with E-state index in [1.54, 1.807) is 23.2 Å². The maximum Gasteiger partial charge on any atom is 0.199 e. The molecule has 4 heterocycles. The molecule has 0 aliphatic carbocycles. The fourth-order valence-corrected chi connectivity index (χ4v) is 2.94. The van der Waals surface area contributed by atoms with Crippen molar-refractivity contribution < 1.29 is 4.42 Å². The van der Waals surface area contributed by atoms with Crippen LogP contribution in [0.2, 0.25) is 0 Å². The molecule has 1 N–H and O–H groups in total. The van der Waals surface area contributed by atoms with Crippen LogP contribution in [0.15, 0.2) is 35.2 Å². The first kappa shape index (κ1) is 13.2. The monoisotopic (exact) mass is 299 g/mol. The maximum absolute atomic E-state index is 5.62. The largest absolute Gasteiger partial charge is 0.468 e. The van der Waals surface area contributed by atoms with Gasteiger partial charge in [-0.25, -0.2) is 0 Å². The Balaban J connectivity index is 1.55. The van der Waals surface area contributed by atoms with Crippen LogP contribution in [0.3, 0.4) is 0 Å². The van der Waals surface area contributed by atoms with Gasteiger partial charge in [-0.05, 0) is 48.5 Å². The zero-order chi connectivity index (χ0) is 14.8. The summed E-state index contributed by atoms with van der Waals surface area (Å²) in [7, 11) is 0. The summed E-state index contributed by atoms with van der Waals surface area (Å²) in [5, 5.41) is 14.9. The van der Waals surface area contributed by atoms with Gasteiger partial charge in [-0.2, -0.15) is 4.52 Å². The molecule has 8 nitrogen and oxygen atoms in total. The van der Waals surface area contributed by atoms with Crippen molar-refractivity contribution in [1.29, 1.82) is 0 Å². The molecule has 0 radical (unpaired) electrons. The molecule has 0 bridgehead atoms. The molecular formula is C14H17N7O. The molecule has 8 heteroatoms. The van der Waals surface area contributed by atoms with E-state index in [1.165, 1.54) is 12.8 Å². The van der Waals surface area contributed by atoms with E-state index >= 15 is 0 Å². The SMILES string of the molecule is c1coc([C@H](CNc2cncc3nnnn23)N2CCCC2)c1. The zero-order valence-corrected chi connectivity index (χ0v) is 12.1. The molecule has 0 saturated carbocycles. The van der Waals surface area contributed by atoms with Crippen LogP contribution >= 0.6 is 0 Å². The van der Waals surface area contributed by atoms with Crippen molar-refractivity contribution in [2.24, 2.45) is 0 Å². The van der Waals surface area contributed by atoms with Crippen molar-refractivity contribution in [1.82, 2.24) is 29.9 Å². The molecule has 0 unspecified atom stereocenters. The van der Waals surface area contributed by atoms with Gasteiger partial charge in [-0.3, -0.25) is 9.88 Å². The second-order valence-corrected chi connectivity index (χ2v) is 5.40. The third-order valence-electron chi connectivity index (χ3n) is 4.04. The number of likely N-dealkylation sites (tertiary alicyclic amines) is 1.